The van der Waals surface area contributed by atoms with Crippen LogP contribution in [0.4, 0.5) is 0 Å². The molecule has 1 unspecified atom stereocenters. The minimum atomic E-state index is -0.178. The molecule has 2 aromatic carbocycles. The highest BCUT2D eigenvalue weighted by Gasteiger charge is 2.23. The van der Waals surface area contributed by atoms with E-state index in [2.05, 4.69) is 5.32 Å². The number of carbonyl (C=O) groups excluding carboxylic acids is 2. The highest BCUT2D eigenvalue weighted by molar-refractivity contribution is 6.01. The molecule has 0 spiro atoms. The minimum absolute atomic E-state index is 0.0538. The Bertz CT molecular complexity index is 725. The molecule has 2 aromatic rings. The SMILES string of the molecule is CC(NC(=O)COc1cccc2c1CCC2=O)c1ccccc1. The van der Waals surface area contributed by atoms with Crippen LogP contribution in [0, 0.1) is 0 Å². The summed E-state index contributed by atoms with van der Waals surface area (Å²) in [6, 6.07) is 15.1. The molecule has 0 heterocycles. The van der Waals surface area contributed by atoms with Gasteiger partial charge in [0.15, 0.2) is 12.4 Å². The third-order valence-corrected chi connectivity index (χ3v) is 4.07. The van der Waals surface area contributed by atoms with Crippen LogP contribution in [0.3, 0.4) is 0 Å². The minimum Gasteiger partial charge on any atom is -0.483 e. The lowest BCUT2D eigenvalue weighted by atomic mass is 10.1. The van der Waals surface area contributed by atoms with Crippen molar-refractivity contribution in [2.75, 3.05) is 6.61 Å². The summed E-state index contributed by atoms with van der Waals surface area (Å²) in [6.07, 6.45) is 1.21. The molecule has 1 aliphatic rings. The summed E-state index contributed by atoms with van der Waals surface area (Å²) in [6.45, 7) is 1.88. The van der Waals surface area contributed by atoms with Gasteiger partial charge in [-0.05, 0) is 25.0 Å². The van der Waals surface area contributed by atoms with Crippen LogP contribution in [0.5, 0.6) is 5.75 Å². The summed E-state index contributed by atoms with van der Waals surface area (Å²) in [5.74, 6) is 0.603. The van der Waals surface area contributed by atoms with Crippen LogP contribution in [0.1, 0.15) is 40.9 Å². The summed E-state index contributed by atoms with van der Waals surface area (Å²) < 4.78 is 5.63. The Morgan fingerprint density at radius 1 is 1.13 bits per heavy atom. The van der Waals surface area contributed by atoms with Crippen molar-refractivity contribution in [3.63, 3.8) is 0 Å². The van der Waals surface area contributed by atoms with Gasteiger partial charge in [0.2, 0.25) is 0 Å². The van der Waals surface area contributed by atoms with Crippen LogP contribution in [-0.2, 0) is 11.2 Å². The Balaban J connectivity index is 1.59. The zero-order chi connectivity index (χ0) is 16.2. The highest BCUT2D eigenvalue weighted by Crippen LogP contribution is 2.30. The Labute approximate surface area is 135 Å². The fraction of sp³-hybridized carbons (Fsp3) is 0.263. The number of Topliss-reactive ketones (excluding diaryl/α,β-unsaturated/α-hetero) is 1. The van der Waals surface area contributed by atoms with E-state index in [1.807, 2.05) is 49.4 Å². The molecule has 0 saturated heterocycles. The predicted octanol–water partition coefficient (Wildman–Crippen LogP) is 3.07. The number of carbonyl (C=O) groups is 2. The monoisotopic (exact) mass is 309 g/mol. The molecule has 3 rings (SSSR count). The highest BCUT2D eigenvalue weighted by atomic mass is 16.5. The van der Waals surface area contributed by atoms with E-state index >= 15 is 0 Å². The molecule has 0 bridgehead atoms. The fourth-order valence-electron chi connectivity index (χ4n) is 2.84. The van der Waals surface area contributed by atoms with Gasteiger partial charge in [0.25, 0.3) is 5.91 Å². The fourth-order valence-corrected chi connectivity index (χ4v) is 2.84. The number of nitrogens with one attached hydrogen (secondary N) is 1. The Hall–Kier alpha value is -2.62. The van der Waals surface area contributed by atoms with E-state index in [1.54, 1.807) is 6.07 Å². The molecule has 1 N–H and O–H groups in total. The molecular weight excluding hydrogens is 290 g/mol. The summed E-state index contributed by atoms with van der Waals surface area (Å²) in [7, 11) is 0. The molecule has 0 fully saturated rings. The van der Waals surface area contributed by atoms with Crippen LogP contribution in [0.15, 0.2) is 48.5 Å². The van der Waals surface area contributed by atoms with Crippen molar-refractivity contribution in [3.05, 3.63) is 65.2 Å². The lowest BCUT2D eigenvalue weighted by Gasteiger charge is -2.15. The molecule has 4 nitrogen and oxygen atoms in total. The first-order valence-corrected chi connectivity index (χ1v) is 7.77. The average Bonchev–Trinajstić information content (AvgIpc) is 2.96. The predicted molar refractivity (Wildman–Crippen MR) is 87.6 cm³/mol. The Morgan fingerprint density at radius 3 is 2.70 bits per heavy atom. The third-order valence-electron chi connectivity index (χ3n) is 4.07. The molecule has 4 heteroatoms. The van der Waals surface area contributed by atoms with Gasteiger partial charge in [-0.25, -0.2) is 0 Å². The molecule has 0 radical (unpaired) electrons. The Kier molecular flexibility index (Phi) is 4.42. The second-order valence-corrected chi connectivity index (χ2v) is 5.69. The Morgan fingerprint density at radius 2 is 1.91 bits per heavy atom. The third kappa shape index (κ3) is 3.42. The number of amides is 1. The van der Waals surface area contributed by atoms with Gasteiger partial charge in [-0.2, -0.15) is 0 Å². The van der Waals surface area contributed by atoms with E-state index in [4.69, 9.17) is 4.74 Å². The molecular formula is C19H19NO3. The van der Waals surface area contributed by atoms with Crippen LogP contribution in [0.2, 0.25) is 0 Å². The lowest BCUT2D eigenvalue weighted by Crippen LogP contribution is -2.31. The van der Waals surface area contributed by atoms with Crippen molar-refractivity contribution >= 4 is 11.7 Å². The van der Waals surface area contributed by atoms with E-state index < -0.39 is 0 Å². The maximum atomic E-state index is 12.1. The quantitative estimate of drug-likeness (QED) is 0.923. The second kappa shape index (κ2) is 6.65. The summed E-state index contributed by atoms with van der Waals surface area (Å²) >= 11 is 0. The molecule has 0 saturated carbocycles. The van der Waals surface area contributed by atoms with Crippen molar-refractivity contribution in [1.29, 1.82) is 0 Å². The van der Waals surface area contributed by atoms with Crippen molar-refractivity contribution in [1.82, 2.24) is 5.32 Å². The van der Waals surface area contributed by atoms with Gasteiger partial charge < -0.3 is 10.1 Å². The standard InChI is InChI=1S/C19H19NO3/c1-13(14-6-3-2-4-7-14)20-19(22)12-23-18-9-5-8-15-16(18)10-11-17(15)21/h2-9,13H,10-12H2,1H3,(H,20,22). The number of fused-ring (bicyclic) bond motifs is 1. The van der Waals surface area contributed by atoms with E-state index in [-0.39, 0.29) is 24.3 Å². The lowest BCUT2D eigenvalue weighted by molar-refractivity contribution is -0.123. The van der Waals surface area contributed by atoms with Crippen molar-refractivity contribution in [3.8, 4) is 5.75 Å². The van der Waals surface area contributed by atoms with E-state index in [9.17, 15) is 9.59 Å². The number of hydrogen-bond donors (Lipinski definition) is 1. The second-order valence-electron chi connectivity index (χ2n) is 5.69. The van der Waals surface area contributed by atoms with E-state index in [0.717, 1.165) is 16.7 Å². The summed E-state index contributed by atoms with van der Waals surface area (Å²) in [5, 5.41) is 2.91. The summed E-state index contributed by atoms with van der Waals surface area (Å²) in [4.78, 5) is 23.8. The molecule has 1 atom stereocenters. The van der Waals surface area contributed by atoms with Crippen molar-refractivity contribution in [2.45, 2.75) is 25.8 Å². The number of ketones is 1. The van der Waals surface area contributed by atoms with Gasteiger partial charge >= 0.3 is 0 Å². The van der Waals surface area contributed by atoms with Gasteiger partial charge in [0, 0.05) is 17.5 Å². The van der Waals surface area contributed by atoms with Gasteiger partial charge in [0.05, 0.1) is 6.04 Å². The van der Waals surface area contributed by atoms with Crippen LogP contribution in [0.25, 0.3) is 0 Å². The number of hydrogen-bond acceptors (Lipinski definition) is 3. The molecule has 118 valence electrons. The first-order valence-electron chi connectivity index (χ1n) is 7.77. The average molecular weight is 309 g/mol. The van der Waals surface area contributed by atoms with Gasteiger partial charge in [0.1, 0.15) is 5.75 Å². The molecule has 23 heavy (non-hydrogen) atoms. The topological polar surface area (TPSA) is 55.4 Å². The van der Waals surface area contributed by atoms with Gasteiger partial charge in [-0.1, -0.05) is 42.5 Å². The summed E-state index contributed by atoms with van der Waals surface area (Å²) in [5.41, 5.74) is 2.69. The van der Waals surface area contributed by atoms with Crippen molar-refractivity contribution < 1.29 is 14.3 Å². The van der Waals surface area contributed by atoms with Gasteiger partial charge in [-0.15, -0.1) is 0 Å². The van der Waals surface area contributed by atoms with E-state index in [0.29, 0.717) is 18.6 Å². The molecule has 1 aliphatic carbocycles. The molecule has 1 amide bonds. The van der Waals surface area contributed by atoms with Crippen LogP contribution in [-0.4, -0.2) is 18.3 Å². The molecule has 0 aliphatic heterocycles. The zero-order valence-electron chi connectivity index (χ0n) is 13.0. The number of rotatable bonds is 5. The maximum Gasteiger partial charge on any atom is 0.258 e. The normalized spacial score (nSPS) is 14.2. The van der Waals surface area contributed by atoms with Crippen molar-refractivity contribution in [2.24, 2.45) is 0 Å². The van der Waals surface area contributed by atoms with Crippen LogP contribution >= 0.6 is 0 Å². The first kappa shape index (κ1) is 15.3. The largest absolute Gasteiger partial charge is 0.483 e. The maximum absolute atomic E-state index is 12.1. The van der Waals surface area contributed by atoms with E-state index in [1.165, 1.54) is 0 Å². The number of benzene rings is 2. The number of ether oxygens (including phenoxy) is 1. The smallest absolute Gasteiger partial charge is 0.258 e. The first-order chi connectivity index (χ1) is 11.1. The van der Waals surface area contributed by atoms with Crippen LogP contribution < -0.4 is 10.1 Å². The molecule has 0 aromatic heterocycles. The zero-order valence-corrected chi connectivity index (χ0v) is 13.0. The van der Waals surface area contributed by atoms with Gasteiger partial charge in [-0.3, -0.25) is 9.59 Å².